The highest BCUT2D eigenvalue weighted by Crippen LogP contribution is 2.17. The van der Waals surface area contributed by atoms with Gasteiger partial charge in [-0.15, -0.1) is 0 Å². The fourth-order valence-corrected chi connectivity index (χ4v) is 3.59. The maximum Gasteiger partial charge on any atom is 0.241 e. The minimum atomic E-state index is -3.49. The van der Waals surface area contributed by atoms with Gasteiger partial charge in [0.05, 0.1) is 4.90 Å². The van der Waals surface area contributed by atoms with Gasteiger partial charge in [-0.3, -0.25) is 0 Å². The van der Waals surface area contributed by atoms with E-state index in [1.54, 1.807) is 24.3 Å². The summed E-state index contributed by atoms with van der Waals surface area (Å²) in [5.41, 5.74) is 6.20. The fraction of sp³-hybridized carbons (Fsp3) is 0.500. The molecule has 18 heavy (non-hydrogen) atoms. The highest BCUT2D eigenvalue weighted by Gasteiger charge is 2.23. The zero-order valence-electron chi connectivity index (χ0n) is 10.1. The Bertz CT molecular complexity index is 496. The molecule has 0 atom stereocenters. The molecule has 3 N–H and O–H groups in total. The normalized spacial score (nSPS) is 17.8. The first-order valence-corrected chi connectivity index (χ1v) is 7.50. The predicted octanol–water partition coefficient (Wildman–Crippen LogP) is 0.603. The minimum Gasteiger partial charge on any atom is -0.381 e. The first-order valence-electron chi connectivity index (χ1n) is 6.01. The quantitative estimate of drug-likeness (QED) is 0.839. The first kappa shape index (κ1) is 13.5. The first-order chi connectivity index (χ1) is 8.63. The van der Waals surface area contributed by atoms with E-state index in [-0.39, 0.29) is 17.5 Å². The van der Waals surface area contributed by atoms with Crippen molar-refractivity contribution in [2.24, 2.45) is 5.73 Å². The van der Waals surface area contributed by atoms with Crippen LogP contribution in [0.3, 0.4) is 0 Å². The molecule has 0 aliphatic carbocycles. The highest BCUT2D eigenvalue weighted by atomic mass is 32.2. The van der Waals surface area contributed by atoms with Gasteiger partial charge in [-0.1, -0.05) is 18.2 Å². The Morgan fingerprint density at radius 1 is 1.28 bits per heavy atom. The molecule has 0 spiro atoms. The third-order valence-corrected chi connectivity index (χ3v) is 4.65. The Morgan fingerprint density at radius 2 is 1.94 bits per heavy atom. The molecular formula is C12H18N2O3S. The monoisotopic (exact) mass is 270 g/mol. The number of nitrogens with one attached hydrogen (secondary N) is 1. The molecule has 0 bridgehead atoms. The number of hydrogen-bond acceptors (Lipinski definition) is 4. The van der Waals surface area contributed by atoms with Gasteiger partial charge in [0.1, 0.15) is 0 Å². The molecule has 1 aliphatic heterocycles. The van der Waals surface area contributed by atoms with Gasteiger partial charge in [-0.25, -0.2) is 13.1 Å². The van der Waals surface area contributed by atoms with Crippen LogP contribution in [0, 0.1) is 0 Å². The van der Waals surface area contributed by atoms with Crippen LogP contribution >= 0.6 is 0 Å². The lowest BCUT2D eigenvalue weighted by Crippen LogP contribution is -2.39. The number of benzene rings is 1. The smallest absolute Gasteiger partial charge is 0.241 e. The van der Waals surface area contributed by atoms with Crippen LogP contribution in [0.2, 0.25) is 0 Å². The molecule has 0 saturated carbocycles. The Balaban J connectivity index is 2.19. The average Bonchev–Trinajstić information content (AvgIpc) is 2.39. The third kappa shape index (κ3) is 3.08. The highest BCUT2D eigenvalue weighted by molar-refractivity contribution is 7.89. The van der Waals surface area contributed by atoms with Crippen molar-refractivity contribution in [1.82, 2.24) is 4.72 Å². The molecule has 0 unspecified atom stereocenters. The van der Waals surface area contributed by atoms with Crippen molar-refractivity contribution in [3.63, 3.8) is 0 Å². The summed E-state index contributed by atoms with van der Waals surface area (Å²) >= 11 is 0. The van der Waals surface area contributed by atoms with Crippen molar-refractivity contribution in [3.05, 3.63) is 29.8 Å². The lowest BCUT2D eigenvalue weighted by Gasteiger charge is -2.23. The zero-order chi connectivity index (χ0) is 13.0. The van der Waals surface area contributed by atoms with E-state index >= 15 is 0 Å². The predicted molar refractivity (Wildman–Crippen MR) is 68.5 cm³/mol. The molecular weight excluding hydrogens is 252 g/mol. The second-order valence-electron chi connectivity index (χ2n) is 4.32. The van der Waals surface area contributed by atoms with Crippen LogP contribution in [0.25, 0.3) is 0 Å². The lowest BCUT2D eigenvalue weighted by molar-refractivity contribution is 0.0832. The summed E-state index contributed by atoms with van der Waals surface area (Å²) < 4.78 is 32.5. The van der Waals surface area contributed by atoms with Crippen molar-refractivity contribution in [3.8, 4) is 0 Å². The van der Waals surface area contributed by atoms with Crippen LogP contribution < -0.4 is 10.5 Å². The van der Waals surface area contributed by atoms with Crippen molar-refractivity contribution in [2.75, 3.05) is 13.2 Å². The maximum atomic E-state index is 12.3. The number of nitrogens with two attached hydrogens (primary N) is 1. The van der Waals surface area contributed by atoms with Gasteiger partial charge in [-0.2, -0.15) is 0 Å². The van der Waals surface area contributed by atoms with E-state index in [1.807, 2.05) is 0 Å². The number of sulfonamides is 1. The molecule has 0 radical (unpaired) electrons. The average molecular weight is 270 g/mol. The van der Waals surface area contributed by atoms with Crippen molar-refractivity contribution < 1.29 is 13.2 Å². The largest absolute Gasteiger partial charge is 0.381 e. The number of hydrogen-bond donors (Lipinski definition) is 2. The van der Waals surface area contributed by atoms with E-state index in [1.165, 1.54) is 0 Å². The van der Waals surface area contributed by atoms with Crippen LogP contribution in [0.4, 0.5) is 0 Å². The zero-order valence-corrected chi connectivity index (χ0v) is 10.9. The van der Waals surface area contributed by atoms with Crippen LogP contribution in [-0.2, 0) is 21.3 Å². The molecule has 1 aliphatic rings. The van der Waals surface area contributed by atoms with Crippen molar-refractivity contribution >= 4 is 10.0 Å². The summed E-state index contributed by atoms with van der Waals surface area (Å²) in [6.07, 6.45) is 1.42. The van der Waals surface area contributed by atoms with E-state index in [9.17, 15) is 8.42 Å². The lowest BCUT2D eigenvalue weighted by atomic mass is 10.1. The van der Waals surface area contributed by atoms with E-state index in [2.05, 4.69) is 4.72 Å². The Hall–Kier alpha value is -0.950. The summed E-state index contributed by atoms with van der Waals surface area (Å²) in [7, 11) is -3.49. The molecule has 1 saturated heterocycles. The Kier molecular flexibility index (Phi) is 4.34. The van der Waals surface area contributed by atoms with Gasteiger partial charge in [0, 0.05) is 25.8 Å². The molecule has 1 aromatic rings. The maximum absolute atomic E-state index is 12.3. The van der Waals surface area contributed by atoms with Gasteiger partial charge in [0.25, 0.3) is 0 Å². The van der Waals surface area contributed by atoms with E-state index in [4.69, 9.17) is 10.5 Å². The van der Waals surface area contributed by atoms with Gasteiger partial charge in [0.15, 0.2) is 0 Å². The van der Waals surface area contributed by atoms with E-state index in [0.29, 0.717) is 31.6 Å². The van der Waals surface area contributed by atoms with Gasteiger partial charge >= 0.3 is 0 Å². The third-order valence-electron chi connectivity index (χ3n) is 3.03. The molecule has 5 nitrogen and oxygen atoms in total. The Morgan fingerprint density at radius 3 is 2.61 bits per heavy atom. The molecule has 6 heteroatoms. The van der Waals surface area contributed by atoms with Crippen LogP contribution in [0.15, 0.2) is 29.2 Å². The molecule has 0 aromatic heterocycles. The molecule has 1 aromatic carbocycles. The molecule has 0 amide bonds. The van der Waals surface area contributed by atoms with Crippen LogP contribution in [0.1, 0.15) is 18.4 Å². The minimum absolute atomic E-state index is 0.0467. The molecule has 1 fully saturated rings. The van der Waals surface area contributed by atoms with E-state index < -0.39 is 10.0 Å². The van der Waals surface area contributed by atoms with Gasteiger partial charge < -0.3 is 10.5 Å². The van der Waals surface area contributed by atoms with Crippen LogP contribution in [0.5, 0.6) is 0 Å². The second kappa shape index (κ2) is 5.79. The second-order valence-corrected chi connectivity index (χ2v) is 6.00. The topological polar surface area (TPSA) is 81.4 Å². The standard InChI is InChI=1S/C12H18N2O3S/c13-9-10-3-1-2-4-12(10)18(15,16)14-11-5-7-17-8-6-11/h1-4,11,14H,5-9,13H2. The molecule has 2 rings (SSSR count). The SMILES string of the molecule is NCc1ccccc1S(=O)(=O)NC1CCOCC1. The van der Waals surface area contributed by atoms with E-state index in [0.717, 1.165) is 0 Å². The molecule has 100 valence electrons. The fourth-order valence-electron chi connectivity index (χ4n) is 2.03. The van der Waals surface area contributed by atoms with Crippen LogP contribution in [-0.4, -0.2) is 27.7 Å². The molecule has 1 heterocycles. The number of ether oxygens (including phenoxy) is 1. The van der Waals surface area contributed by atoms with Gasteiger partial charge in [0.2, 0.25) is 10.0 Å². The van der Waals surface area contributed by atoms with Crippen molar-refractivity contribution in [1.29, 1.82) is 0 Å². The summed E-state index contributed by atoms with van der Waals surface area (Å²) in [6.45, 7) is 1.42. The summed E-state index contributed by atoms with van der Waals surface area (Å²) in [6, 6.07) is 6.77. The summed E-state index contributed by atoms with van der Waals surface area (Å²) in [5.74, 6) is 0. The summed E-state index contributed by atoms with van der Waals surface area (Å²) in [5, 5.41) is 0. The number of rotatable bonds is 4. The van der Waals surface area contributed by atoms with Crippen molar-refractivity contribution in [2.45, 2.75) is 30.3 Å². The van der Waals surface area contributed by atoms with Gasteiger partial charge in [-0.05, 0) is 24.5 Å². The summed E-state index contributed by atoms with van der Waals surface area (Å²) in [4.78, 5) is 0.277. The Labute approximate surface area is 107 Å².